The minimum Gasteiger partial charge on any atom is -0.351 e. The molecule has 1 aromatic carbocycles. The van der Waals surface area contributed by atoms with Crippen LogP contribution in [0.5, 0.6) is 0 Å². The summed E-state index contributed by atoms with van der Waals surface area (Å²) in [5, 5.41) is 13.1. The normalized spacial score (nSPS) is 26.9. The summed E-state index contributed by atoms with van der Waals surface area (Å²) in [5.41, 5.74) is -0.447. The molecule has 0 amide bonds. The summed E-state index contributed by atoms with van der Waals surface area (Å²) in [6.45, 7) is 2.55. The number of fused-ring (bicyclic) bond motifs is 4. The number of nitrogens with zero attached hydrogens (tertiary/aromatic N) is 3. The fourth-order valence-corrected chi connectivity index (χ4v) is 3.55. The Morgan fingerprint density at radius 1 is 1.31 bits per heavy atom. The average Bonchev–Trinajstić information content (AvgIpc) is 3.02. The molecule has 0 aliphatic carbocycles. The Balaban J connectivity index is 1.75. The van der Waals surface area contributed by atoms with Crippen LogP contribution in [0.1, 0.15) is 31.2 Å². The van der Waals surface area contributed by atoms with Gasteiger partial charge in [0.05, 0.1) is 18.8 Å². The van der Waals surface area contributed by atoms with E-state index in [1.807, 2.05) is 0 Å². The molecular formula is C18H18ClF3N4O3. The van der Waals surface area contributed by atoms with E-state index in [4.69, 9.17) is 21.1 Å². The van der Waals surface area contributed by atoms with Gasteiger partial charge in [0.15, 0.2) is 6.23 Å². The molecule has 11 heteroatoms. The number of ether oxygens (including phenoxy) is 2. The first-order valence-electron chi connectivity index (χ1n) is 8.86. The zero-order chi connectivity index (χ0) is 20.9. The van der Waals surface area contributed by atoms with Crippen LogP contribution in [-0.2, 0) is 15.4 Å². The highest BCUT2D eigenvalue weighted by atomic mass is 35.5. The molecule has 1 aromatic heterocycles. The van der Waals surface area contributed by atoms with Crippen molar-refractivity contribution in [3.8, 4) is 0 Å². The standard InChI is InChI=1S/C18H18ClF3N4O3/c1-8-12-7-28-17(27)26(12)14-6-13(19)23-16(24-14)25-15(29-8)10-4-3-9(5-11(10)20)18(2,21)22/h3-6,8,12,15,17,27H,7H2,1-2H3,(H,23,24,25)/t8-,12-,15+,17?/m1/s1. The van der Waals surface area contributed by atoms with Crippen LogP contribution < -0.4 is 10.2 Å². The molecule has 2 aliphatic heterocycles. The second-order valence-corrected chi connectivity index (χ2v) is 7.38. The minimum absolute atomic E-state index is 0.00268. The van der Waals surface area contributed by atoms with Crippen molar-refractivity contribution in [2.24, 2.45) is 0 Å². The highest BCUT2D eigenvalue weighted by Crippen LogP contribution is 2.35. The summed E-state index contributed by atoms with van der Waals surface area (Å²) in [6, 6.07) is 4.15. The summed E-state index contributed by atoms with van der Waals surface area (Å²) in [5.74, 6) is -3.72. The van der Waals surface area contributed by atoms with Crippen molar-refractivity contribution in [2.75, 3.05) is 16.8 Å². The molecule has 4 atom stereocenters. The topological polar surface area (TPSA) is 79.7 Å². The quantitative estimate of drug-likeness (QED) is 0.707. The lowest BCUT2D eigenvalue weighted by Crippen LogP contribution is -2.44. The maximum atomic E-state index is 14.7. The number of benzene rings is 1. The zero-order valence-corrected chi connectivity index (χ0v) is 16.2. The molecule has 0 radical (unpaired) electrons. The van der Waals surface area contributed by atoms with Crippen LogP contribution in [0.4, 0.5) is 24.9 Å². The van der Waals surface area contributed by atoms with Crippen molar-refractivity contribution in [2.45, 2.75) is 44.6 Å². The number of hydrogen-bond donors (Lipinski definition) is 2. The van der Waals surface area contributed by atoms with Gasteiger partial charge in [-0.3, -0.25) is 4.90 Å². The Bertz CT molecular complexity index is 930. The van der Waals surface area contributed by atoms with Crippen LogP contribution in [-0.4, -0.2) is 40.2 Å². The van der Waals surface area contributed by atoms with Gasteiger partial charge in [0.2, 0.25) is 12.4 Å². The number of aliphatic hydroxyl groups is 1. The second-order valence-electron chi connectivity index (χ2n) is 7.00. The molecule has 2 aromatic rings. The van der Waals surface area contributed by atoms with Crippen LogP contribution in [0, 0.1) is 5.82 Å². The highest BCUT2D eigenvalue weighted by molar-refractivity contribution is 6.29. The molecule has 4 rings (SSSR count). The number of hydrogen-bond acceptors (Lipinski definition) is 7. The lowest BCUT2D eigenvalue weighted by atomic mass is 10.1. The Kier molecular flexibility index (Phi) is 5.06. The molecule has 1 fully saturated rings. The van der Waals surface area contributed by atoms with Crippen LogP contribution in [0.15, 0.2) is 24.3 Å². The van der Waals surface area contributed by atoms with E-state index in [1.165, 1.54) is 17.0 Å². The Morgan fingerprint density at radius 3 is 2.76 bits per heavy atom. The summed E-state index contributed by atoms with van der Waals surface area (Å²) in [4.78, 5) is 9.83. The van der Waals surface area contributed by atoms with Gasteiger partial charge in [-0.1, -0.05) is 23.7 Å². The van der Waals surface area contributed by atoms with E-state index in [2.05, 4.69) is 15.3 Å². The third kappa shape index (κ3) is 3.85. The largest absolute Gasteiger partial charge is 0.351 e. The molecule has 3 heterocycles. The van der Waals surface area contributed by atoms with Crippen molar-refractivity contribution in [1.82, 2.24) is 9.97 Å². The molecular weight excluding hydrogens is 413 g/mol. The number of rotatable bonds is 2. The lowest BCUT2D eigenvalue weighted by Gasteiger charge is -2.30. The van der Waals surface area contributed by atoms with Gasteiger partial charge >= 0.3 is 0 Å². The first-order valence-corrected chi connectivity index (χ1v) is 9.23. The molecule has 2 bridgehead atoms. The van der Waals surface area contributed by atoms with Crippen LogP contribution in [0.3, 0.4) is 0 Å². The first kappa shape index (κ1) is 20.1. The highest BCUT2D eigenvalue weighted by Gasteiger charge is 2.41. The number of aliphatic hydroxyl groups excluding tert-OH is 1. The number of anilines is 2. The van der Waals surface area contributed by atoms with E-state index < -0.39 is 42.1 Å². The number of nitrogens with one attached hydrogen (secondary N) is 1. The van der Waals surface area contributed by atoms with E-state index in [9.17, 15) is 18.3 Å². The maximum absolute atomic E-state index is 14.7. The summed E-state index contributed by atoms with van der Waals surface area (Å²) < 4.78 is 53.0. The Morgan fingerprint density at radius 2 is 2.07 bits per heavy atom. The van der Waals surface area contributed by atoms with Gasteiger partial charge in [0.25, 0.3) is 5.92 Å². The lowest BCUT2D eigenvalue weighted by molar-refractivity contribution is -0.0586. The fourth-order valence-electron chi connectivity index (χ4n) is 3.38. The van der Waals surface area contributed by atoms with E-state index in [-0.39, 0.29) is 23.3 Å². The third-order valence-electron chi connectivity index (χ3n) is 4.90. The first-order chi connectivity index (χ1) is 13.6. The maximum Gasteiger partial charge on any atom is 0.270 e. The van der Waals surface area contributed by atoms with Gasteiger partial charge in [-0.2, -0.15) is 4.98 Å². The van der Waals surface area contributed by atoms with Gasteiger partial charge in [-0.15, -0.1) is 0 Å². The zero-order valence-electron chi connectivity index (χ0n) is 15.4. The molecule has 0 spiro atoms. The smallest absolute Gasteiger partial charge is 0.270 e. The van der Waals surface area contributed by atoms with Crippen molar-refractivity contribution < 1.29 is 27.8 Å². The molecule has 7 nitrogen and oxygen atoms in total. The molecule has 1 unspecified atom stereocenters. The predicted molar refractivity (Wildman–Crippen MR) is 98.1 cm³/mol. The molecule has 2 N–H and O–H groups in total. The molecule has 0 saturated carbocycles. The summed E-state index contributed by atoms with van der Waals surface area (Å²) in [6.07, 6.45) is -2.91. The Hall–Kier alpha value is -2.14. The van der Waals surface area contributed by atoms with Crippen LogP contribution >= 0.6 is 11.6 Å². The van der Waals surface area contributed by atoms with E-state index in [0.717, 1.165) is 12.1 Å². The monoisotopic (exact) mass is 430 g/mol. The summed E-state index contributed by atoms with van der Waals surface area (Å²) in [7, 11) is 0. The number of alkyl halides is 2. The molecule has 29 heavy (non-hydrogen) atoms. The Labute approximate surface area is 169 Å². The van der Waals surface area contributed by atoms with Crippen LogP contribution in [0.25, 0.3) is 0 Å². The van der Waals surface area contributed by atoms with E-state index in [0.29, 0.717) is 12.7 Å². The fraction of sp³-hybridized carbons (Fsp3) is 0.444. The predicted octanol–water partition coefficient (Wildman–Crippen LogP) is 3.39. The SMILES string of the molecule is C[C@H]1O[C@@H](c2ccc(C(C)(F)F)cc2F)Nc2nc(Cl)cc(n2)N2C(O)OC[C@H]12. The van der Waals surface area contributed by atoms with Gasteiger partial charge in [0.1, 0.15) is 16.8 Å². The van der Waals surface area contributed by atoms with Crippen LogP contribution in [0.2, 0.25) is 5.15 Å². The second kappa shape index (κ2) is 7.28. The van der Waals surface area contributed by atoms with Gasteiger partial charge in [-0.25, -0.2) is 18.2 Å². The minimum atomic E-state index is -3.18. The van der Waals surface area contributed by atoms with Gasteiger partial charge in [0, 0.05) is 24.1 Å². The number of aromatic nitrogens is 2. The molecule has 2 aliphatic rings. The number of halogens is 4. The van der Waals surface area contributed by atoms with Gasteiger partial charge in [-0.05, 0) is 13.0 Å². The molecule has 1 saturated heterocycles. The van der Waals surface area contributed by atoms with Crippen molar-refractivity contribution >= 4 is 23.4 Å². The van der Waals surface area contributed by atoms with Crippen molar-refractivity contribution in [1.29, 1.82) is 0 Å². The summed E-state index contributed by atoms with van der Waals surface area (Å²) >= 11 is 6.07. The average molecular weight is 431 g/mol. The van der Waals surface area contributed by atoms with E-state index in [1.54, 1.807) is 6.92 Å². The third-order valence-corrected chi connectivity index (χ3v) is 5.09. The molecule has 156 valence electrons. The van der Waals surface area contributed by atoms with Crippen molar-refractivity contribution in [3.05, 3.63) is 46.4 Å². The van der Waals surface area contributed by atoms with Crippen molar-refractivity contribution in [3.63, 3.8) is 0 Å². The van der Waals surface area contributed by atoms with Gasteiger partial charge < -0.3 is 19.9 Å². The van der Waals surface area contributed by atoms with E-state index >= 15 is 0 Å².